The molecule has 1 saturated heterocycles. The average molecular weight is 449 g/mol. The zero-order valence-electron chi connectivity index (χ0n) is 16.2. The highest BCUT2D eigenvalue weighted by Crippen LogP contribution is 2.35. The van der Waals surface area contributed by atoms with Gasteiger partial charge < -0.3 is 9.64 Å². The first-order valence-electron chi connectivity index (χ1n) is 9.73. The van der Waals surface area contributed by atoms with Crippen LogP contribution in [-0.2, 0) is 26.0 Å². The van der Waals surface area contributed by atoms with Crippen molar-refractivity contribution < 1.29 is 22.7 Å². The highest BCUT2D eigenvalue weighted by molar-refractivity contribution is 7.93. The third-order valence-electron chi connectivity index (χ3n) is 5.36. The van der Waals surface area contributed by atoms with Crippen molar-refractivity contribution in [3.8, 4) is 0 Å². The second-order valence-corrected chi connectivity index (χ2v) is 9.50. The maximum absolute atomic E-state index is 13.3. The Bertz CT molecular complexity index is 1100. The lowest BCUT2D eigenvalue weighted by molar-refractivity contribution is -0.133. The summed E-state index contributed by atoms with van der Waals surface area (Å²) in [6.07, 6.45) is 2.49. The van der Waals surface area contributed by atoms with E-state index in [0.29, 0.717) is 31.7 Å². The molecular weight excluding hydrogens is 428 g/mol. The van der Waals surface area contributed by atoms with Crippen molar-refractivity contribution >= 4 is 39.2 Å². The Kier molecular flexibility index (Phi) is 5.71. The van der Waals surface area contributed by atoms with E-state index < -0.39 is 16.0 Å². The lowest BCUT2D eigenvalue weighted by atomic mass is 10.2. The predicted molar refractivity (Wildman–Crippen MR) is 112 cm³/mol. The second kappa shape index (κ2) is 8.28. The molecular formula is C21H21ClN2O5S. The van der Waals surface area contributed by atoms with E-state index in [-0.39, 0.29) is 28.0 Å². The number of likely N-dealkylation sites (tertiary alicyclic amines) is 1. The normalized spacial score (nSPS) is 15.9. The number of sulfonamides is 1. The van der Waals surface area contributed by atoms with Gasteiger partial charge in [0.2, 0.25) is 0 Å². The van der Waals surface area contributed by atoms with Crippen molar-refractivity contribution in [2.75, 3.05) is 30.5 Å². The molecule has 1 amide bonds. The van der Waals surface area contributed by atoms with Crippen molar-refractivity contribution in [2.45, 2.75) is 24.2 Å². The van der Waals surface area contributed by atoms with E-state index in [9.17, 15) is 18.0 Å². The molecule has 0 atom stereocenters. The molecule has 2 aromatic rings. The zero-order valence-corrected chi connectivity index (χ0v) is 17.8. The van der Waals surface area contributed by atoms with Gasteiger partial charge in [-0.15, -0.1) is 0 Å². The van der Waals surface area contributed by atoms with Crippen LogP contribution in [0.5, 0.6) is 0 Å². The maximum atomic E-state index is 13.3. The number of carbonyl (C=O) groups is 2. The number of hydrogen-bond acceptors (Lipinski definition) is 5. The lowest BCUT2D eigenvalue weighted by Gasteiger charge is -2.20. The fourth-order valence-electron chi connectivity index (χ4n) is 3.77. The molecule has 9 heteroatoms. The van der Waals surface area contributed by atoms with Crippen molar-refractivity contribution in [1.29, 1.82) is 0 Å². The van der Waals surface area contributed by atoms with Crippen LogP contribution in [0.2, 0.25) is 5.02 Å². The summed E-state index contributed by atoms with van der Waals surface area (Å²) in [5.74, 6) is -1.02. The number of nitrogens with zero attached hydrogens (tertiary/aromatic N) is 2. The Morgan fingerprint density at radius 2 is 1.77 bits per heavy atom. The molecule has 2 aromatic carbocycles. The van der Waals surface area contributed by atoms with Gasteiger partial charge in [0.15, 0.2) is 6.61 Å². The van der Waals surface area contributed by atoms with Gasteiger partial charge in [-0.2, -0.15) is 0 Å². The first-order chi connectivity index (χ1) is 14.4. The summed E-state index contributed by atoms with van der Waals surface area (Å²) in [5.41, 5.74) is 1.57. The molecule has 1 fully saturated rings. The number of fused-ring (bicyclic) bond motifs is 1. The summed E-state index contributed by atoms with van der Waals surface area (Å²) in [5, 5.41) is 0.0177. The summed E-state index contributed by atoms with van der Waals surface area (Å²) >= 11 is 6.19. The summed E-state index contributed by atoms with van der Waals surface area (Å²) in [4.78, 5) is 26.0. The Balaban J connectivity index is 1.54. The Morgan fingerprint density at radius 1 is 1.03 bits per heavy atom. The molecule has 2 aliphatic rings. The van der Waals surface area contributed by atoms with E-state index in [0.717, 1.165) is 18.4 Å². The van der Waals surface area contributed by atoms with Gasteiger partial charge in [-0.3, -0.25) is 9.10 Å². The minimum atomic E-state index is -3.96. The van der Waals surface area contributed by atoms with E-state index in [1.165, 1.54) is 22.5 Å². The number of benzene rings is 2. The van der Waals surface area contributed by atoms with E-state index >= 15 is 0 Å². The number of hydrogen-bond donors (Lipinski definition) is 0. The van der Waals surface area contributed by atoms with Crippen molar-refractivity contribution in [1.82, 2.24) is 4.90 Å². The number of halogens is 1. The fourth-order valence-corrected chi connectivity index (χ4v) is 5.78. The quantitative estimate of drug-likeness (QED) is 0.657. The fraction of sp³-hybridized carbons (Fsp3) is 0.333. The number of esters is 1. The van der Waals surface area contributed by atoms with Gasteiger partial charge in [-0.25, -0.2) is 13.2 Å². The van der Waals surface area contributed by atoms with Gasteiger partial charge in [-0.05, 0) is 49.1 Å². The highest BCUT2D eigenvalue weighted by Gasteiger charge is 2.32. The van der Waals surface area contributed by atoms with E-state index in [2.05, 4.69) is 0 Å². The number of ether oxygens (including phenoxy) is 1. The van der Waals surface area contributed by atoms with Crippen LogP contribution in [-0.4, -0.2) is 51.4 Å². The average Bonchev–Trinajstić information content (AvgIpc) is 3.42. The molecule has 0 unspecified atom stereocenters. The van der Waals surface area contributed by atoms with Crippen LogP contribution in [0.4, 0.5) is 5.69 Å². The van der Waals surface area contributed by atoms with E-state index in [4.69, 9.17) is 16.3 Å². The third-order valence-corrected chi connectivity index (χ3v) is 7.66. The smallest absolute Gasteiger partial charge is 0.338 e. The van der Waals surface area contributed by atoms with Gasteiger partial charge in [-0.1, -0.05) is 29.8 Å². The lowest BCUT2D eigenvalue weighted by Crippen LogP contribution is -2.32. The Hall–Kier alpha value is -2.58. The van der Waals surface area contributed by atoms with Gasteiger partial charge in [0.05, 0.1) is 16.3 Å². The molecule has 4 rings (SSSR count). The molecule has 0 aliphatic carbocycles. The minimum absolute atomic E-state index is 0.0177. The standard InChI is InChI=1S/C21H21ClN2O5S/c22-17-8-7-16(21(26)29-14-20(25)23-10-3-4-11-23)13-19(17)30(27,28)24-12-9-15-5-1-2-6-18(15)24/h1-2,5-8,13H,3-4,9-12,14H2. The van der Waals surface area contributed by atoms with E-state index in [1.54, 1.807) is 17.0 Å². The van der Waals surface area contributed by atoms with Crippen LogP contribution in [0, 0.1) is 0 Å². The number of anilines is 1. The highest BCUT2D eigenvalue weighted by atomic mass is 35.5. The Labute approximate surface area is 180 Å². The van der Waals surface area contributed by atoms with E-state index in [1.807, 2.05) is 12.1 Å². The summed E-state index contributed by atoms with van der Waals surface area (Å²) in [7, 11) is -3.96. The van der Waals surface area contributed by atoms with Crippen LogP contribution in [0.15, 0.2) is 47.4 Å². The summed E-state index contributed by atoms with van der Waals surface area (Å²) in [6, 6.07) is 11.2. The molecule has 0 bridgehead atoms. The molecule has 0 radical (unpaired) electrons. The van der Waals surface area contributed by atoms with Crippen LogP contribution in [0.1, 0.15) is 28.8 Å². The van der Waals surface area contributed by atoms with Crippen molar-refractivity contribution in [3.05, 3.63) is 58.6 Å². The van der Waals surface area contributed by atoms with Gasteiger partial charge in [0, 0.05) is 19.6 Å². The first-order valence-corrected chi connectivity index (χ1v) is 11.5. The van der Waals surface area contributed by atoms with Crippen LogP contribution >= 0.6 is 11.6 Å². The van der Waals surface area contributed by atoms with Crippen molar-refractivity contribution in [2.24, 2.45) is 0 Å². The molecule has 30 heavy (non-hydrogen) atoms. The van der Waals surface area contributed by atoms with Gasteiger partial charge in [0.1, 0.15) is 4.90 Å². The van der Waals surface area contributed by atoms with Crippen LogP contribution in [0.25, 0.3) is 0 Å². The minimum Gasteiger partial charge on any atom is -0.452 e. The van der Waals surface area contributed by atoms with Crippen molar-refractivity contribution in [3.63, 3.8) is 0 Å². The Morgan fingerprint density at radius 3 is 2.53 bits per heavy atom. The van der Waals surface area contributed by atoms with Crippen LogP contribution < -0.4 is 4.31 Å². The largest absolute Gasteiger partial charge is 0.452 e. The molecule has 2 heterocycles. The predicted octanol–water partition coefficient (Wildman–Crippen LogP) is 2.87. The number of amides is 1. The number of rotatable bonds is 5. The number of para-hydroxylation sites is 1. The maximum Gasteiger partial charge on any atom is 0.338 e. The molecule has 0 spiro atoms. The molecule has 0 saturated carbocycles. The number of carbonyl (C=O) groups excluding carboxylic acids is 2. The first kappa shape index (κ1) is 20.7. The summed E-state index contributed by atoms with van der Waals surface area (Å²) < 4.78 is 32.9. The molecule has 7 nitrogen and oxygen atoms in total. The molecule has 0 aromatic heterocycles. The van der Waals surface area contributed by atoms with Gasteiger partial charge >= 0.3 is 5.97 Å². The topological polar surface area (TPSA) is 84.0 Å². The molecule has 2 aliphatic heterocycles. The monoisotopic (exact) mass is 448 g/mol. The van der Waals surface area contributed by atoms with Crippen LogP contribution in [0.3, 0.4) is 0 Å². The summed E-state index contributed by atoms with van der Waals surface area (Å²) in [6.45, 7) is 1.26. The third kappa shape index (κ3) is 3.89. The zero-order chi connectivity index (χ0) is 21.3. The molecule has 0 N–H and O–H groups in total. The van der Waals surface area contributed by atoms with Gasteiger partial charge in [0.25, 0.3) is 15.9 Å². The molecule has 158 valence electrons. The second-order valence-electron chi connectivity index (χ2n) is 7.27. The SMILES string of the molecule is O=C(OCC(=O)N1CCCC1)c1ccc(Cl)c(S(=O)(=O)N2CCc3ccccc32)c1.